The number of hydrogen-bond acceptors (Lipinski definition) is 2. The summed E-state index contributed by atoms with van der Waals surface area (Å²) in [5.41, 5.74) is 0. The van der Waals surface area contributed by atoms with Crippen molar-refractivity contribution >= 4 is 0 Å². The van der Waals surface area contributed by atoms with E-state index in [2.05, 4.69) is 17.9 Å². The highest BCUT2D eigenvalue weighted by Gasteiger charge is 2.30. The quantitative estimate of drug-likeness (QED) is 0.694. The molecule has 1 saturated carbocycles. The first kappa shape index (κ1) is 11.0. The summed E-state index contributed by atoms with van der Waals surface area (Å²) in [4.78, 5) is 2.57. The highest BCUT2D eigenvalue weighted by Crippen LogP contribution is 2.31. The van der Waals surface area contributed by atoms with Crippen LogP contribution in [-0.2, 0) is 0 Å². The fourth-order valence-corrected chi connectivity index (χ4v) is 3.14. The molecule has 1 aliphatic heterocycles. The van der Waals surface area contributed by atoms with Gasteiger partial charge in [-0.3, -0.25) is 4.90 Å². The van der Waals surface area contributed by atoms with Crippen LogP contribution in [0.1, 0.15) is 45.4 Å². The minimum absolute atomic E-state index is 0.314. The number of rotatable bonds is 2. The maximum Gasteiger partial charge on any atom is 0.0669 e. The van der Waals surface area contributed by atoms with E-state index in [4.69, 9.17) is 5.26 Å². The first-order chi connectivity index (χ1) is 7.33. The zero-order valence-electron chi connectivity index (χ0n) is 9.78. The number of likely N-dealkylation sites (tertiary alicyclic amines) is 1. The van der Waals surface area contributed by atoms with Crippen LogP contribution in [0.15, 0.2) is 0 Å². The summed E-state index contributed by atoms with van der Waals surface area (Å²) in [6.45, 7) is 4.52. The van der Waals surface area contributed by atoms with Gasteiger partial charge in [-0.15, -0.1) is 0 Å². The SMILES string of the molecule is CCC1CCC(N2CCC(C#N)C2)CC1. The van der Waals surface area contributed by atoms with Crippen LogP contribution < -0.4 is 0 Å². The summed E-state index contributed by atoms with van der Waals surface area (Å²) in [6, 6.07) is 3.21. The van der Waals surface area contributed by atoms with Crippen molar-refractivity contribution in [1.82, 2.24) is 4.90 Å². The predicted octanol–water partition coefficient (Wildman–Crippen LogP) is 2.80. The summed E-state index contributed by atoms with van der Waals surface area (Å²) in [6.07, 6.45) is 8.02. The Morgan fingerprint density at radius 3 is 2.47 bits per heavy atom. The van der Waals surface area contributed by atoms with Gasteiger partial charge in [0.2, 0.25) is 0 Å². The fourth-order valence-electron chi connectivity index (χ4n) is 3.14. The van der Waals surface area contributed by atoms with Gasteiger partial charge in [-0.05, 0) is 44.6 Å². The Hall–Kier alpha value is -0.550. The van der Waals surface area contributed by atoms with Gasteiger partial charge in [0.15, 0.2) is 0 Å². The molecular weight excluding hydrogens is 184 g/mol. The average Bonchev–Trinajstić information content (AvgIpc) is 2.78. The van der Waals surface area contributed by atoms with E-state index in [1.807, 2.05) is 0 Å². The predicted molar refractivity (Wildman–Crippen MR) is 61.3 cm³/mol. The summed E-state index contributed by atoms with van der Waals surface area (Å²) in [5, 5.41) is 8.89. The molecule has 0 N–H and O–H groups in total. The van der Waals surface area contributed by atoms with Crippen molar-refractivity contribution in [3.63, 3.8) is 0 Å². The van der Waals surface area contributed by atoms with Crippen molar-refractivity contribution < 1.29 is 0 Å². The highest BCUT2D eigenvalue weighted by molar-refractivity contribution is 4.93. The van der Waals surface area contributed by atoms with Crippen LogP contribution in [0.5, 0.6) is 0 Å². The lowest BCUT2D eigenvalue weighted by Gasteiger charge is -2.34. The molecule has 2 rings (SSSR count). The molecule has 15 heavy (non-hydrogen) atoms. The van der Waals surface area contributed by atoms with E-state index in [0.717, 1.165) is 24.9 Å². The Kier molecular flexibility index (Phi) is 3.64. The summed E-state index contributed by atoms with van der Waals surface area (Å²) in [7, 11) is 0. The monoisotopic (exact) mass is 206 g/mol. The average molecular weight is 206 g/mol. The van der Waals surface area contributed by atoms with Crippen molar-refractivity contribution in [1.29, 1.82) is 5.26 Å². The maximum absolute atomic E-state index is 8.89. The Morgan fingerprint density at radius 1 is 1.20 bits per heavy atom. The maximum atomic E-state index is 8.89. The number of nitriles is 1. The second-order valence-electron chi connectivity index (χ2n) is 5.19. The molecule has 2 nitrogen and oxygen atoms in total. The van der Waals surface area contributed by atoms with Gasteiger partial charge in [0.1, 0.15) is 0 Å². The van der Waals surface area contributed by atoms with E-state index in [-0.39, 0.29) is 0 Å². The Labute approximate surface area is 93.3 Å². The molecule has 0 spiro atoms. The van der Waals surface area contributed by atoms with Gasteiger partial charge in [-0.2, -0.15) is 5.26 Å². The molecule has 2 heteroatoms. The second-order valence-corrected chi connectivity index (χ2v) is 5.19. The minimum Gasteiger partial charge on any atom is -0.299 e. The van der Waals surface area contributed by atoms with Crippen molar-refractivity contribution in [3.8, 4) is 6.07 Å². The van der Waals surface area contributed by atoms with Gasteiger partial charge in [0.25, 0.3) is 0 Å². The lowest BCUT2D eigenvalue weighted by Crippen LogP contribution is -2.36. The molecule has 1 aliphatic carbocycles. The summed E-state index contributed by atoms with van der Waals surface area (Å²) < 4.78 is 0. The van der Waals surface area contributed by atoms with Gasteiger partial charge >= 0.3 is 0 Å². The number of hydrogen-bond donors (Lipinski definition) is 0. The van der Waals surface area contributed by atoms with Crippen molar-refractivity contribution in [2.75, 3.05) is 13.1 Å². The topological polar surface area (TPSA) is 27.0 Å². The van der Waals surface area contributed by atoms with E-state index in [1.165, 1.54) is 38.6 Å². The summed E-state index contributed by atoms with van der Waals surface area (Å²) >= 11 is 0. The summed E-state index contributed by atoms with van der Waals surface area (Å²) in [5.74, 6) is 1.30. The van der Waals surface area contributed by atoms with Gasteiger partial charge in [-0.25, -0.2) is 0 Å². The Bertz CT molecular complexity index is 235. The van der Waals surface area contributed by atoms with Crippen LogP contribution in [0.4, 0.5) is 0 Å². The molecule has 0 aromatic carbocycles. The molecule has 0 radical (unpaired) electrons. The number of nitrogens with zero attached hydrogens (tertiary/aromatic N) is 2. The molecule has 1 unspecified atom stereocenters. The van der Waals surface area contributed by atoms with Crippen LogP contribution in [0.3, 0.4) is 0 Å². The zero-order valence-corrected chi connectivity index (χ0v) is 9.78. The fraction of sp³-hybridized carbons (Fsp3) is 0.923. The molecule has 0 bridgehead atoms. The molecule has 84 valence electrons. The lowest BCUT2D eigenvalue weighted by atomic mass is 9.84. The van der Waals surface area contributed by atoms with Crippen LogP contribution in [0.25, 0.3) is 0 Å². The molecule has 1 saturated heterocycles. The van der Waals surface area contributed by atoms with Gasteiger partial charge < -0.3 is 0 Å². The van der Waals surface area contributed by atoms with Crippen LogP contribution >= 0.6 is 0 Å². The van der Waals surface area contributed by atoms with Crippen LogP contribution in [-0.4, -0.2) is 24.0 Å². The van der Waals surface area contributed by atoms with Crippen molar-refractivity contribution in [3.05, 3.63) is 0 Å². The molecule has 0 aromatic heterocycles. The molecule has 2 aliphatic rings. The van der Waals surface area contributed by atoms with Crippen molar-refractivity contribution in [2.24, 2.45) is 11.8 Å². The lowest BCUT2D eigenvalue weighted by molar-refractivity contribution is 0.160. The van der Waals surface area contributed by atoms with E-state index in [1.54, 1.807) is 0 Å². The third-order valence-electron chi connectivity index (χ3n) is 4.31. The smallest absolute Gasteiger partial charge is 0.0669 e. The third kappa shape index (κ3) is 2.52. The second kappa shape index (κ2) is 4.99. The highest BCUT2D eigenvalue weighted by atomic mass is 15.2. The molecule has 0 amide bonds. The van der Waals surface area contributed by atoms with E-state index in [0.29, 0.717) is 5.92 Å². The molecule has 1 heterocycles. The molecule has 1 atom stereocenters. The Balaban J connectivity index is 1.79. The van der Waals surface area contributed by atoms with Crippen LogP contribution in [0.2, 0.25) is 0 Å². The molecular formula is C13H22N2. The zero-order chi connectivity index (χ0) is 10.7. The normalized spacial score (nSPS) is 37.7. The standard InChI is InChI=1S/C13H22N2/c1-2-11-3-5-13(6-4-11)15-8-7-12(9-14)10-15/h11-13H,2-8,10H2,1H3. The van der Waals surface area contributed by atoms with E-state index >= 15 is 0 Å². The first-order valence-electron chi connectivity index (χ1n) is 6.47. The van der Waals surface area contributed by atoms with E-state index < -0.39 is 0 Å². The minimum atomic E-state index is 0.314. The van der Waals surface area contributed by atoms with Gasteiger partial charge in [0.05, 0.1) is 12.0 Å². The van der Waals surface area contributed by atoms with Gasteiger partial charge in [0, 0.05) is 12.6 Å². The van der Waals surface area contributed by atoms with E-state index in [9.17, 15) is 0 Å². The largest absolute Gasteiger partial charge is 0.299 e. The molecule has 2 fully saturated rings. The third-order valence-corrected chi connectivity index (χ3v) is 4.31. The first-order valence-corrected chi connectivity index (χ1v) is 6.47. The van der Waals surface area contributed by atoms with Crippen molar-refractivity contribution in [2.45, 2.75) is 51.5 Å². The Morgan fingerprint density at radius 2 is 1.93 bits per heavy atom. The van der Waals surface area contributed by atoms with Gasteiger partial charge in [-0.1, -0.05) is 13.3 Å². The molecule has 0 aromatic rings. The van der Waals surface area contributed by atoms with Crippen LogP contribution in [0, 0.1) is 23.2 Å².